The van der Waals surface area contributed by atoms with Gasteiger partial charge in [-0.2, -0.15) is 0 Å². The van der Waals surface area contributed by atoms with E-state index in [-0.39, 0.29) is 12.5 Å². The lowest BCUT2D eigenvalue weighted by Gasteiger charge is -2.41. The fourth-order valence-corrected chi connectivity index (χ4v) is 4.63. The maximum atomic E-state index is 13.3. The largest absolute Gasteiger partial charge is 0.335 e. The number of carbonyl (C=O) groups excluding carboxylic acids is 1. The second-order valence-corrected chi connectivity index (χ2v) is 7.87. The van der Waals surface area contributed by atoms with Crippen molar-refractivity contribution in [3.8, 4) is 11.5 Å². The average Bonchev–Trinajstić information content (AvgIpc) is 3.19. The second-order valence-electron chi connectivity index (χ2n) is 7.87. The molecular formula is C21H29N5O. The third-order valence-corrected chi connectivity index (χ3v) is 5.95. The van der Waals surface area contributed by atoms with E-state index in [1.807, 2.05) is 18.2 Å². The maximum absolute atomic E-state index is 13.3. The summed E-state index contributed by atoms with van der Waals surface area (Å²) >= 11 is 0. The first kappa shape index (κ1) is 18.1. The smallest absolute Gasteiger partial charge is 0.244 e. The highest BCUT2D eigenvalue weighted by Crippen LogP contribution is 2.30. The molecule has 144 valence electrons. The minimum Gasteiger partial charge on any atom is -0.335 e. The van der Waals surface area contributed by atoms with Crippen LogP contribution in [0.3, 0.4) is 0 Å². The number of aromatic nitrogens is 4. The topological polar surface area (TPSA) is 63.9 Å². The second kappa shape index (κ2) is 8.63. The predicted octanol–water partition coefficient (Wildman–Crippen LogP) is 3.83. The number of rotatable bonds is 5. The third-order valence-electron chi connectivity index (χ3n) is 5.95. The zero-order valence-corrected chi connectivity index (χ0v) is 16.0. The van der Waals surface area contributed by atoms with Crippen LogP contribution >= 0.6 is 0 Å². The first-order valence-electron chi connectivity index (χ1n) is 10.4. The highest BCUT2D eigenvalue weighted by Gasteiger charge is 2.32. The monoisotopic (exact) mass is 367 g/mol. The Morgan fingerprint density at radius 2 is 1.63 bits per heavy atom. The molecule has 2 heterocycles. The van der Waals surface area contributed by atoms with Crippen molar-refractivity contribution in [1.29, 1.82) is 0 Å². The number of hydrogen-bond acceptors (Lipinski definition) is 4. The van der Waals surface area contributed by atoms with Crippen molar-refractivity contribution in [2.75, 3.05) is 0 Å². The van der Waals surface area contributed by atoms with Gasteiger partial charge in [-0.15, -0.1) is 5.10 Å². The van der Waals surface area contributed by atoms with E-state index in [1.165, 1.54) is 38.5 Å². The standard InChI is InChI=1S/C21H29N5O/c27-20(15-25-16-23-21(24-25)19-13-7-8-14-22-19)26(17-9-3-1-4-10-17)18-11-5-2-6-12-18/h7-8,13-14,16-18H,1-6,9-12,15H2. The first-order chi connectivity index (χ1) is 13.3. The molecule has 2 aromatic heterocycles. The van der Waals surface area contributed by atoms with Crippen LogP contribution in [0.2, 0.25) is 0 Å². The summed E-state index contributed by atoms with van der Waals surface area (Å²) in [6.45, 7) is 0.271. The van der Waals surface area contributed by atoms with E-state index >= 15 is 0 Å². The summed E-state index contributed by atoms with van der Waals surface area (Å²) in [6, 6.07) is 6.50. The minimum atomic E-state index is 0.200. The molecule has 2 aliphatic rings. The molecule has 4 rings (SSSR count). The normalized spacial score (nSPS) is 19.1. The number of nitrogens with zero attached hydrogens (tertiary/aromatic N) is 5. The Morgan fingerprint density at radius 1 is 0.963 bits per heavy atom. The summed E-state index contributed by atoms with van der Waals surface area (Å²) in [5, 5.41) is 4.49. The molecule has 0 aromatic carbocycles. The molecule has 0 spiro atoms. The van der Waals surface area contributed by atoms with Crippen molar-refractivity contribution in [2.24, 2.45) is 0 Å². The van der Waals surface area contributed by atoms with Crippen molar-refractivity contribution >= 4 is 5.91 Å². The SMILES string of the molecule is O=C(Cn1cnc(-c2ccccn2)n1)N(C1CCCCC1)C1CCCCC1. The Labute approximate surface area is 161 Å². The van der Waals surface area contributed by atoms with Crippen LogP contribution in [0.5, 0.6) is 0 Å². The first-order valence-corrected chi connectivity index (χ1v) is 10.4. The van der Waals surface area contributed by atoms with Crippen molar-refractivity contribution in [2.45, 2.75) is 82.8 Å². The molecule has 0 radical (unpaired) electrons. The van der Waals surface area contributed by atoms with E-state index in [0.717, 1.165) is 31.4 Å². The van der Waals surface area contributed by atoms with Crippen molar-refractivity contribution in [3.63, 3.8) is 0 Å². The molecule has 0 unspecified atom stereocenters. The summed E-state index contributed by atoms with van der Waals surface area (Å²) in [4.78, 5) is 24.1. The van der Waals surface area contributed by atoms with E-state index in [2.05, 4.69) is 20.0 Å². The maximum Gasteiger partial charge on any atom is 0.244 e. The molecule has 1 amide bonds. The van der Waals surface area contributed by atoms with Crippen LogP contribution in [0, 0.1) is 0 Å². The zero-order chi connectivity index (χ0) is 18.5. The van der Waals surface area contributed by atoms with E-state index in [9.17, 15) is 4.79 Å². The fourth-order valence-electron chi connectivity index (χ4n) is 4.63. The molecule has 6 heteroatoms. The lowest BCUT2D eigenvalue weighted by Crippen LogP contribution is -2.50. The van der Waals surface area contributed by atoms with E-state index in [0.29, 0.717) is 17.9 Å². The van der Waals surface area contributed by atoms with Gasteiger partial charge in [0.05, 0.1) is 0 Å². The zero-order valence-electron chi connectivity index (χ0n) is 16.0. The van der Waals surface area contributed by atoms with E-state index in [4.69, 9.17) is 0 Å². The Hall–Kier alpha value is -2.24. The number of carbonyl (C=O) groups is 1. The number of hydrogen-bond donors (Lipinski definition) is 0. The van der Waals surface area contributed by atoms with Crippen molar-refractivity contribution < 1.29 is 4.79 Å². The summed E-state index contributed by atoms with van der Waals surface area (Å²) in [6.07, 6.45) is 15.6. The summed E-state index contributed by atoms with van der Waals surface area (Å²) in [5.41, 5.74) is 0.736. The van der Waals surface area contributed by atoms with Gasteiger partial charge in [-0.05, 0) is 37.8 Å². The van der Waals surface area contributed by atoms with Crippen LogP contribution in [-0.4, -0.2) is 42.6 Å². The summed E-state index contributed by atoms with van der Waals surface area (Å²) < 4.78 is 1.67. The van der Waals surface area contributed by atoms with Crippen molar-refractivity contribution in [3.05, 3.63) is 30.7 Å². The van der Waals surface area contributed by atoms with Gasteiger partial charge in [0.15, 0.2) is 5.82 Å². The van der Waals surface area contributed by atoms with Gasteiger partial charge in [-0.1, -0.05) is 44.6 Å². The van der Waals surface area contributed by atoms with Gasteiger partial charge >= 0.3 is 0 Å². The predicted molar refractivity (Wildman–Crippen MR) is 104 cm³/mol. The lowest BCUT2D eigenvalue weighted by atomic mass is 9.88. The molecule has 6 nitrogen and oxygen atoms in total. The van der Waals surface area contributed by atoms with Crippen LogP contribution in [0.15, 0.2) is 30.7 Å². The molecular weight excluding hydrogens is 338 g/mol. The highest BCUT2D eigenvalue weighted by atomic mass is 16.2. The third kappa shape index (κ3) is 4.37. The molecule has 0 aliphatic heterocycles. The average molecular weight is 367 g/mol. The Bertz CT molecular complexity index is 714. The highest BCUT2D eigenvalue weighted by molar-refractivity contribution is 5.76. The molecule has 2 aliphatic carbocycles. The van der Waals surface area contributed by atoms with Gasteiger partial charge in [0.1, 0.15) is 18.6 Å². The van der Waals surface area contributed by atoms with Crippen LogP contribution in [0.1, 0.15) is 64.2 Å². The van der Waals surface area contributed by atoms with E-state index < -0.39 is 0 Å². The molecule has 2 aromatic rings. The van der Waals surface area contributed by atoms with Gasteiger partial charge in [0, 0.05) is 18.3 Å². The Morgan fingerprint density at radius 3 is 2.22 bits per heavy atom. The summed E-state index contributed by atoms with van der Waals surface area (Å²) in [7, 11) is 0. The number of pyridine rings is 1. The van der Waals surface area contributed by atoms with Crippen molar-refractivity contribution in [1.82, 2.24) is 24.6 Å². The van der Waals surface area contributed by atoms with Gasteiger partial charge in [0.2, 0.25) is 5.91 Å². The van der Waals surface area contributed by atoms with Crippen LogP contribution in [0.25, 0.3) is 11.5 Å². The fraction of sp³-hybridized carbons (Fsp3) is 0.619. The molecule has 0 atom stereocenters. The molecule has 0 bridgehead atoms. The van der Waals surface area contributed by atoms with Crippen LogP contribution < -0.4 is 0 Å². The molecule has 2 saturated carbocycles. The van der Waals surface area contributed by atoms with Crippen LogP contribution in [-0.2, 0) is 11.3 Å². The molecule has 0 N–H and O–H groups in total. The van der Waals surface area contributed by atoms with E-state index in [1.54, 1.807) is 17.2 Å². The van der Waals surface area contributed by atoms with Gasteiger partial charge in [-0.25, -0.2) is 9.67 Å². The molecule has 27 heavy (non-hydrogen) atoms. The number of amides is 1. The lowest BCUT2D eigenvalue weighted by molar-refractivity contribution is -0.138. The van der Waals surface area contributed by atoms with Gasteiger partial charge in [-0.3, -0.25) is 9.78 Å². The minimum absolute atomic E-state index is 0.200. The van der Waals surface area contributed by atoms with Gasteiger partial charge < -0.3 is 4.90 Å². The summed E-state index contributed by atoms with van der Waals surface area (Å²) in [5.74, 6) is 0.775. The molecule has 2 fully saturated rings. The molecule has 0 saturated heterocycles. The van der Waals surface area contributed by atoms with Crippen LogP contribution in [0.4, 0.5) is 0 Å². The van der Waals surface area contributed by atoms with Gasteiger partial charge in [0.25, 0.3) is 0 Å². The Balaban J connectivity index is 1.48. The Kier molecular flexibility index (Phi) is 5.80. The quantitative estimate of drug-likeness (QED) is 0.805.